The first-order chi connectivity index (χ1) is 10.4. The first kappa shape index (κ1) is 16.2. The predicted octanol–water partition coefficient (Wildman–Crippen LogP) is 2.55. The van der Waals surface area contributed by atoms with Crippen molar-refractivity contribution in [3.8, 4) is 0 Å². The third-order valence-corrected chi connectivity index (χ3v) is 4.28. The van der Waals surface area contributed by atoms with E-state index in [0.29, 0.717) is 5.69 Å². The van der Waals surface area contributed by atoms with Crippen molar-refractivity contribution in [2.24, 2.45) is 7.05 Å². The fourth-order valence-corrected chi connectivity index (χ4v) is 2.88. The van der Waals surface area contributed by atoms with E-state index >= 15 is 0 Å². The number of carbonyl (C=O) groups is 2. The van der Waals surface area contributed by atoms with Crippen LogP contribution in [0.15, 0.2) is 23.6 Å². The van der Waals surface area contributed by atoms with E-state index < -0.39 is 12.0 Å². The number of aryl methyl sites for hydroxylation is 1. The van der Waals surface area contributed by atoms with E-state index in [9.17, 15) is 9.59 Å². The van der Waals surface area contributed by atoms with E-state index in [4.69, 9.17) is 5.11 Å². The fourth-order valence-electron chi connectivity index (χ4n) is 2.10. The SMILES string of the molecule is CC(C)c1cc(C(=O)N[C@H](CC(=O)O)c2cccs2)n(C)n1. The average molecular weight is 321 g/mol. The molecule has 22 heavy (non-hydrogen) atoms. The Labute approximate surface area is 132 Å². The van der Waals surface area contributed by atoms with Crippen LogP contribution in [0.25, 0.3) is 0 Å². The quantitative estimate of drug-likeness (QED) is 0.856. The van der Waals surface area contributed by atoms with Crippen molar-refractivity contribution in [2.75, 3.05) is 0 Å². The van der Waals surface area contributed by atoms with Crippen molar-refractivity contribution < 1.29 is 14.7 Å². The molecule has 7 heteroatoms. The van der Waals surface area contributed by atoms with Crippen LogP contribution in [0.5, 0.6) is 0 Å². The van der Waals surface area contributed by atoms with Gasteiger partial charge in [0, 0.05) is 11.9 Å². The highest BCUT2D eigenvalue weighted by molar-refractivity contribution is 7.10. The molecule has 0 unspecified atom stereocenters. The molecule has 1 amide bonds. The van der Waals surface area contributed by atoms with Gasteiger partial charge in [-0.25, -0.2) is 0 Å². The zero-order valence-corrected chi connectivity index (χ0v) is 13.6. The van der Waals surface area contributed by atoms with Crippen LogP contribution < -0.4 is 5.32 Å². The van der Waals surface area contributed by atoms with E-state index in [1.807, 2.05) is 31.4 Å². The monoisotopic (exact) mass is 321 g/mol. The van der Waals surface area contributed by atoms with Crippen LogP contribution in [-0.4, -0.2) is 26.8 Å². The molecule has 2 aromatic heterocycles. The van der Waals surface area contributed by atoms with Crippen LogP contribution >= 0.6 is 11.3 Å². The van der Waals surface area contributed by atoms with Crippen LogP contribution in [0.1, 0.15) is 53.3 Å². The number of hydrogen-bond donors (Lipinski definition) is 2. The summed E-state index contributed by atoms with van der Waals surface area (Å²) in [6.45, 7) is 4.01. The number of carboxylic acid groups (broad SMARTS) is 1. The molecule has 2 aromatic rings. The summed E-state index contributed by atoms with van der Waals surface area (Å²) in [5, 5.41) is 18.0. The Hall–Kier alpha value is -2.15. The van der Waals surface area contributed by atoms with Gasteiger partial charge in [-0.05, 0) is 23.4 Å². The van der Waals surface area contributed by atoms with Crippen LogP contribution in [0, 0.1) is 0 Å². The first-order valence-corrected chi connectivity index (χ1v) is 7.86. The number of thiophene rings is 1. The molecular formula is C15H19N3O3S. The summed E-state index contributed by atoms with van der Waals surface area (Å²) in [4.78, 5) is 24.3. The number of carboxylic acids is 1. The van der Waals surface area contributed by atoms with Gasteiger partial charge < -0.3 is 10.4 Å². The molecule has 0 bridgehead atoms. The van der Waals surface area contributed by atoms with E-state index in [1.54, 1.807) is 13.1 Å². The van der Waals surface area contributed by atoms with Crippen molar-refractivity contribution in [1.82, 2.24) is 15.1 Å². The van der Waals surface area contributed by atoms with Crippen molar-refractivity contribution >= 4 is 23.2 Å². The number of nitrogens with one attached hydrogen (secondary N) is 1. The maximum Gasteiger partial charge on any atom is 0.305 e. The Morgan fingerprint density at radius 3 is 2.68 bits per heavy atom. The minimum atomic E-state index is -0.952. The second-order valence-electron chi connectivity index (χ2n) is 5.37. The summed E-state index contributed by atoms with van der Waals surface area (Å²) in [5.74, 6) is -1.05. The van der Waals surface area contributed by atoms with Gasteiger partial charge in [0.1, 0.15) is 5.69 Å². The first-order valence-electron chi connectivity index (χ1n) is 6.98. The lowest BCUT2D eigenvalue weighted by molar-refractivity contribution is -0.137. The molecule has 2 rings (SSSR count). The maximum absolute atomic E-state index is 12.4. The molecule has 0 aliphatic heterocycles. The number of aromatic nitrogens is 2. The number of aliphatic carboxylic acids is 1. The maximum atomic E-state index is 12.4. The van der Waals surface area contributed by atoms with Gasteiger partial charge in [-0.3, -0.25) is 14.3 Å². The number of carbonyl (C=O) groups excluding carboxylic acids is 1. The van der Waals surface area contributed by atoms with Crippen LogP contribution in [0.2, 0.25) is 0 Å². The van der Waals surface area contributed by atoms with E-state index in [1.165, 1.54) is 16.0 Å². The molecule has 0 aliphatic carbocycles. The normalized spacial score (nSPS) is 12.4. The van der Waals surface area contributed by atoms with Gasteiger partial charge >= 0.3 is 5.97 Å². The molecule has 0 fully saturated rings. The number of nitrogens with zero attached hydrogens (tertiary/aromatic N) is 2. The van der Waals surface area contributed by atoms with Crippen molar-refractivity contribution in [3.63, 3.8) is 0 Å². The van der Waals surface area contributed by atoms with Gasteiger partial charge in [0.2, 0.25) is 0 Å². The lowest BCUT2D eigenvalue weighted by Crippen LogP contribution is -2.31. The van der Waals surface area contributed by atoms with Gasteiger partial charge in [0.15, 0.2) is 0 Å². The minimum absolute atomic E-state index is 0.152. The summed E-state index contributed by atoms with van der Waals surface area (Å²) >= 11 is 1.42. The standard InChI is InChI=1S/C15H19N3O3S/c1-9(2)10-7-12(18(3)17-10)15(21)16-11(8-14(19)20)13-5-4-6-22-13/h4-7,9,11H,8H2,1-3H3,(H,16,21)(H,19,20)/t11-/m1/s1. The van der Waals surface area contributed by atoms with E-state index in [-0.39, 0.29) is 18.2 Å². The van der Waals surface area contributed by atoms with Crippen molar-refractivity contribution in [3.05, 3.63) is 39.8 Å². The molecule has 1 atom stereocenters. The molecule has 2 N–H and O–H groups in total. The highest BCUT2D eigenvalue weighted by Crippen LogP contribution is 2.23. The lowest BCUT2D eigenvalue weighted by atomic mass is 10.1. The molecule has 2 heterocycles. The molecule has 0 aromatic carbocycles. The Bertz CT molecular complexity index is 662. The van der Waals surface area contributed by atoms with Gasteiger partial charge in [-0.15, -0.1) is 11.3 Å². The topological polar surface area (TPSA) is 84.2 Å². The molecular weight excluding hydrogens is 302 g/mol. The largest absolute Gasteiger partial charge is 0.481 e. The average Bonchev–Trinajstić information content (AvgIpc) is 3.06. The predicted molar refractivity (Wildman–Crippen MR) is 84.1 cm³/mol. The molecule has 0 spiro atoms. The molecule has 0 saturated carbocycles. The third-order valence-electron chi connectivity index (χ3n) is 3.29. The summed E-state index contributed by atoms with van der Waals surface area (Å²) in [6, 6.07) is 4.86. The molecule has 118 valence electrons. The second-order valence-corrected chi connectivity index (χ2v) is 6.35. The molecule has 0 aliphatic rings. The Balaban J connectivity index is 2.19. The Kier molecular flexibility index (Phi) is 4.97. The highest BCUT2D eigenvalue weighted by Gasteiger charge is 2.22. The van der Waals surface area contributed by atoms with E-state index in [0.717, 1.165) is 10.6 Å². The summed E-state index contributed by atoms with van der Waals surface area (Å²) in [6.07, 6.45) is -0.152. The molecule has 0 saturated heterocycles. The molecule has 6 nitrogen and oxygen atoms in total. The van der Waals surface area contributed by atoms with Gasteiger partial charge in [0.05, 0.1) is 18.2 Å². The second kappa shape index (κ2) is 6.74. The van der Waals surface area contributed by atoms with Gasteiger partial charge in [0.25, 0.3) is 5.91 Å². The third kappa shape index (κ3) is 3.73. The van der Waals surface area contributed by atoms with E-state index in [2.05, 4.69) is 10.4 Å². The summed E-state index contributed by atoms with van der Waals surface area (Å²) in [5.41, 5.74) is 1.26. The number of amides is 1. The number of hydrogen-bond acceptors (Lipinski definition) is 4. The minimum Gasteiger partial charge on any atom is -0.481 e. The zero-order chi connectivity index (χ0) is 16.3. The summed E-state index contributed by atoms with van der Waals surface area (Å²) < 4.78 is 1.52. The lowest BCUT2D eigenvalue weighted by Gasteiger charge is -2.15. The summed E-state index contributed by atoms with van der Waals surface area (Å²) in [7, 11) is 1.71. The smallest absolute Gasteiger partial charge is 0.305 e. The van der Waals surface area contributed by atoms with Crippen LogP contribution in [-0.2, 0) is 11.8 Å². The van der Waals surface area contributed by atoms with Crippen molar-refractivity contribution in [1.29, 1.82) is 0 Å². The zero-order valence-electron chi connectivity index (χ0n) is 12.7. The van der Waals surface area contributed by atoms with Crippen LogP contribution in [0.3, 0.4) is 0 Å². The Morgan fingerprint density at radius 2 is 2.18 bits per heavy atom. The van der Waals surface area contributed by atoms with Gasteiger partial charge in [-0.1, -0.05) is 19.9 Å². The number of rotatable bonds is 6. The van der Waals surface area contributed by atoms with Gasteiger partial charge in [-0.2, -0.15) is 5.10 Å². The fraction of sp³-hybridized carbons (Fsp3) is 0.400. The van der Waals surface area contributed by atoms with Crippen molar-refractivity contribution in [2.45, 2.75) is 32.2 Å². The molecule has 0 radical (unpaired) electrons. The Morgan fingerprint density at radius 1 is 1.45 bits per heavy atom. The van der Waals surface area contributed by atoms with Crippen LogP contribution in [0.4, 0.5) is 0 Å². The highest BCUT2D eigenvalue weighted by atomic mass is 32.1.